The van der Waals surface area contributed by atoms with Crippen LogP contribution < -0.4 is 14.8 Å². The van der Waals surface area contributed by atoms with Gasteiger partial charge < -0.3 is 9.53 Å². The number of rotatable bonds is 5. The molecule has 5 heteroatoms. The van der Waals surface area contributed by atoms with Crippen molar-refractivity contribution in [2.75, 3.05) is 0 Å². The maximum atomic E-state index is 9.77. The smallest absolute Gasteiger partial charge is 0.352 e. The molecule has 1 heterocycles. The molecule has 0 aliphatic heterocycles. The molecular weight excluding hydrogens is 434 g/mol. The maximum Gasteiger partial charge on any atom is 0.352 e. The van der Waals surface area contributed by atoms with Gasteiger partial charge in [0.05, 0.1) is 16.9 Å². The second-order valence-corrected chi connectivity index (χ2v) is 11.1. The topological polar surface area (TPSA) is 42.4 Å². The fourth-order valence-electron chi connectivity index (χ4n) is 3.47. The van der Waals surface area contributed by atoms with Crippen molar-refractivity contribution in [1.29, 1.82) is 0 Å². The van der Waals surface area contributed by atoms with Crippen molar-refractivity contribution in [3.8, 4) is 22.8 Å². The van der Waals surface area contributed by atoms with E-state index in [4.69, 9.17) is 16.0 Å². The molecule has 1 N–H and O–H groups in total. The molecule has 0 aliphatic rings. The first-order chi connectivity index (χ1) is 15.3. The number of aromatic hydroxyl groups is 1. The zero-order valence-electron chi connectivity index (χ0n) is 18.3. The molecule has 3 nitrogen and oxygen atoms in total. The van der Waals surface area contributed by atoms with Gasteiger partial charge in [0.2, 0.25) is 0 Å². The van der Waals surface area contributed by atoms with E-state index in [0.29, 0.717) is 10.7 Å². The lowest BCUT2D eigenvalue weighted by Gasteiger charge is -2.24. The van der Waals surface area contributed by atoms with Crippen molar-refractivity contribution in [2.45, 2.75) is 26.2 Å². The van der Waals surface area contributed by atoms with Crippen molar-refractivity contribution in [3.05, 3.63) is 102 Å². The summed E-state index contributed by atoms with van der Waals surface area (Å²) >= 11 is 6.47. The van der Waals surface area contributed by atoms with Crippen molar-refractivity contribution in [1.82, 2.24) is 4.98 Å². The van der Waals surface area contributed by atoms with Gasteiger partial charge in [-0.3, -0.25) is 4.98 Å². The Morgan fingerprint density at radius 1 is 0.844 bits per heavy atom. The minimum absolute atomic E-state index is 0.0332. The molecule has 4 aromatic rings. The van der Waals surface area contributed by atoms with E-state index < -0.39 is 9.04 Å². The second-order valence-electron chi connectivity index (χ2n) is 8.65. The van der Waals surface area contributed by atoms with Crippen LogP contribution in [0.3, 0.4) is 0 Å². The first-order valence-electron chi connectivity index (χ1n) is 10.5. The molecule has 0 aliphatic carbocycles. The zero-order valence-corrected chi connectivity index (χ0v) is 20.1. The third kappa shape index (κ3) is 4.87. The van der Waals surface area contributed by atoms with E-state index in [0.717, 1.165) is 27.2 Å². The highest BCUT2D eigenvalue weighted by atomic mass is 35.5. The second kappa shape index (κ2) is 9.19. The number of benzene rings is 3. The van der Waals surface area contributed by atoms with E-state index >= 15 is 0 Å². The monoisotopic (exact) mass is 458 g/mol. The lowest BCUT2D eigenvalue weighted by Crippen LogP contribution is -2.47. The van der Waals surface area contributed by atoms with E-state index in [1.54, 1.807) is 0 Å². The molecule has 1 radical (unpaired) electrons. The van der Waals surface area contributed by atoms with Gasteiger partial charge in [-0.15, -0.1) is 0 Å². The van der Waals surface area contributed by atoms with Gasteiger partial charge in [-0.1, -0.05) is 99.1 Å². The number of halogens is 1. The Morgan fingerprint density at radius 3 is 1.97 bits per heavy atom. The molecule has 0 fully saturated rings. The number of pyridine rings is 1. The Morgan fingerprint density at radius 2 is 1.44 bits per heavy atom. The van der Waals surface area contributed by atoms with Gasteiger partial charge in [-0.25, -0.2) is 0 Å². The van der Waals surface area contributed by atoms with Crippen LogP contribution in [0.15, 0.2) is 91.1 Å². The first-order valence-corrected chi connectivity index (χ1v) is 12.3. The van der Waals surface area contributed by atoms with E-state index in [1.165, 1.54) is 12.3 Å². The van der Waals surface area contributed by atoms with Crippen LogP contribution in [-0.4, -0.2) is 19.1 Å². The molecule has 0 amide bonds. The molecule has 161 valence electrons. The Balaban J connectivity index is 1.87. The first kappa shape index (κ1) is 22.1. The van der Waals surface area contributed by atoms with Gasteiger partial charge in [0.1, 0.15) is 11.5 Å². The molecule has 4 rings (SSSR count). The summed E-state index contributed by atoms with van der Waals surface area (Å²) in [5, 5.41) is 12.5. The Kier molecular flexibility index (Phi) is 6.35. The summed E-state index contributed by atoms with van der Waals surface area (Å²) < 4.78 is 6.83. The molecule has 0 unspecified atom stereocenters. The summed E-state index contributed by atoms with van der Waals surface area (Å²) in [5.41, 5.74) is 2.50. The van der Waals surface area contributed by atoms with E-state index in [1.807, 2.05) is 42.5 Å². The lowest BCUT2D eigenvalue weighted by molar-refractivity contribution is 0.473. The molecule has 0 spiro atoms. The number of hydrogen-bond acceptors (Lipinski definition) is 3. The molecule has 32 heavy (non-hydrogen) atoms. The number of hydrogen-bond donors (Lipinski definition) is 1. The third-order valence-corrected chi connectivity index (χ3v) is 7.64. The van der Waals surface area contributed by atoms with Gasteiger partial charge >= 0.3 is 9.04 Å². The standard InChI is InChI=1S/C27H25ClNO2Si/c1-27(2,3)19-14-15-23(26-24(28)17-20(30)18-29-26)25(16-19)31-32(21-10-6-4-7-11-21)22-12-8-5-9-13-22/h4-18,30H,1-3H3. The van der Waals surface area contributed by atoms with Crippen LogP contribution in [0.5, 0.6) is 11.5 Å². The highest BCUT2D eigenvalue weighted by Gasteiger charge is 2.25. The highest BCUT2D eigenvalue weighted by molar-refractivity contribution is 6.80. The third-order valence-electron chi connectivity index (χ3n) is 5.21. The normalized spacial score (nSPS) is 11.5. The summed E-state index contributed by atoms with van der Waals surface area (Å²) in [6, 6.07) is 28.3. The van der Waals surface area contributed by atoms with Gasteiger partial charge in [0, 0.05) is 11.6 Å². The van der Waals surface area contributed by atoms with Gasteiger partial charge in [0.25, 0.3) is 0 Å². The SMILES string of the molecule is CC(C)(C)c1ccc(-c2ncc(O)cc2Cl)c(O[Si](c2ccccc2)c2ccccc2)c1. The summed E-state index contributed by atoms with van der Waals surface area (Å²) in [7, 11) is -1.58. The molecule has 0 bridgehead atoms. The van der Waals surface area contributed by atoms with Crippen molar-refractivity contribution >= 4 is 31.0 Å². The van der Waals surface area contributed by atoms with Crippen LogP contribution in [0.1, 0.15) is 26.3 Å². The van der Waals surface area contributed by atoms with Crippen LogP contribution in [0.25, 0.3) is 11.3 Å². The average Bonchev–Trinajstić information content (AvgIpc) is 2.78. The van der Waals surface area contributed by atoms with Gasteiger partial charge in [-0.05, 0) is 33.5 Å². The van der Waals surface area contributed by atoms with Crippen LogP contribution in [0.4, 0.5) is 0 Å². The lowest BCUT2D eigenvalue weighted by atomic mass is 9.86. The molecule has 3 aromatic carbocycles. The predicted octanol–water partition coefficient (Wildman–Crippen LogP) is 5.59. The zero-order chi connectivity index (χ0) is 22.7. The van der Waals surface area contributed by atoms with Crippen LogP contribution in [-0.2, 0) is 5.41 Å². The molecule has 1 aromatic heterocycles. The quantitative estimate of drug-likeness (QED) is 0.396. The largest absolute Gasteiger partial charge is 0.532 e. The number of nitrogens with zero attached hydrogens (tertiary/aromatic N) is 1. The van der Waals surface area contributed by atoms with Crippen LogP contribution in [0.2, 0.25) is 5.02 Å². The maximum absolute atomic E-state index is 9.77. The van der Waals surface area contributed by atoms with E-state index in [2.05, 4.69) is 62.2 Å². The Hall–Kier alpha value is -3.08. The highest BCUT2D eigenvalue weighted by Crippen LogP contribution is 2.38. The molecule has 0 saturated heterocycles. The molecule has 0 atom stereocenters. The molecular formula is C27H25ClNO2Si. The van der Waals surface area contributed by atoms with Crippen molar-refractivity contribution in [3.63, 3.8) is 0 Å². The summed E-state index contributed by atoms with van der Waals surface area (Å²) in [4.78, 5) is 4.40. The van der Waals surface area contributed by atoms with Gasteiger partial charge in [0.15, 0.2) is 0 Å². The summed E-state index contributed by atoms with van der Waals surface area (Å²) in [6.07, 6.45) is 1.41. The fraction of sp³-hybridized carbons (Fsp3) is 0.148. The van der Waals surface area contributed by atoms with Crippen LogP contribution >= 0.6 is 11.6 Å². The van der Waals surface area contributed by atoms with Gasteiger partial charge in [-0.2, -0.15) is 0 Å². The van der Waals surface area contributed by atoms with E-state index in [9.17, 15) is 5.11 Å². The van der Waals surface area contributed by atoms with Crippen molar-refractivity contribution in [2.24, 2.45) is 0 Å². The predicted molar refractivity (Wildman–Crippen MR) is 134 cm³/mol. The van der Waals surface area contributed by atoms with Crippen molar-refractivity contribution < 1.29 is 9.53 Å². The Bertz CT molecular complexity index is 1170. The molecule has 0 saturated carbocycles. The minimum atomic E-state index is -1.58. The fourth-order valence-corrected chi connectivity index (χ4v) is 5.68. The summed E-state index contributed by atoms with van der Waals surface area (Å²) in [6.45, 7) is 6.54. The number of aromatic nitrogens is 1. The average molecular weight is 459 g/mol. The minimum Gasteiger partial charge on any atom is -0.532 e. The van der Waals surface area contributed by atoms with Crippen LogP contribution in [0, 0.1) is 0 Å². The summed E-state index contributed by atoms with van der Waals surface area (Å²) in [5.74, 6) is 0.768. The Labute approximate surface area is 196 Å². The van der Waals surface area contributed by atoms with E-state index in [-0.39, 0.29) is 11.2 Å².